The first-order valence-corrected chi connectivity index (χ1v) is 6.93. The van der Waals surface area contributed by atoms with E-state index in [1.165, 1.54) is 19.2 Å². The Morgan fingerprint density at radius 1 is 1.47 bits per heavy atom. The number of rotatable bonds is 7. The minimum atomic E-state index is -3.87. The monoisotopic (exact) mass is 289 g/mol. The van der Waals surface area contributed by atoms with Crippen LogP contribution in [-0.2, 0) is 10.0 Å². The first-order valence-electron chi connectivity index (χ1n) is 5.44. The highest BCUT2D eigenvalue weighted by molar-refractivity contribution is 7.89. The first-order chi connectivity index (χ1) is 8.92. The smallest absolute Gasteiger partial charge is 0.271 e. The van der Waals surface area contributed by atoms with Crippen molar-refractivity contribution in [3.8, 4) is 5.75 Å². The van der Waals surface area contributed by atoms with Crippen LogP contribution in [0.3, 0.4) is 0 Å². The zero-order valence-corrected chi connectivity index (χ0v) is 11.1. The summed E-state index contributed by atoms with van der Waals surface area (Å²) in [6.07, 6.45) is 0.469. The molecule has 9 heteroatoms. The molecule has 0 spiro atoms. The lowest BCUT2D eigenvalue weighted by molar-refractivity contribution is -0.385. The fourth-order valence-electron chi connectivity index (χ4n) is 1.38. The third kappa shape index (κ3) is 3.88. The Kier molecular flexibility index (Phi) is 5.21. The molecule has 0 fully saturated rings. The largest absolute Gasteiger partial charge is 0.495 e. The Labute approximate surface area is 110 Å². The summed E-state index contributed by atoms with van der Waals surface area (Å²) in [7, 11) is -2.57. The molecule has 3 N–H and O–H groups in total. The first kappa shape index (κ1) is 15.3. The Morgan fingerprint density at radius 3 is 2.68 bits per heavy atom. The average molecular weight is 289 g/mol. The average Bonchev–Trinajstić information content (AvgIpc) is 2.38. The second kappa shape index (κ2) is 6.45. The summed E-state index contributed by atoms with van der Waals surface area (Å²) < 4.78 is 31.2. The standard InChI is InChI=1S/C10H15N3O5S/c1-18-9-4-3-8(13(14)15)7-10(9)19(16,17)12-6-2-5-11/h3-4,7,12H,2,5-6,11H2,1H3. The predicted molar refractivity (Wildman–Crippen MR) is 68.5 cm³/mol. The fourth-order valence-corrected chi connectivity index (χ4v) is 2.64. The summed E-state index contributed by atoms with van der Waals surface area (Å²) in [6.45, 7) is 0.499. The molecule has 1 rings (SSSR count). The highest BCUT2D eigenvalue weighted by atomic mass is 32.2. The van der Waals surface area contributed by atoms with Crippen LogP contribution in [0.2, 0.25) is 0 Å². The fraction of sp³-hybridized carbons (Fsp3) is 0.400. The van der Waals surface area contributed by atoms with Crippen molar-refractivity contribution in [3.05, 3.63) is 28.3 Å². The van der Waals surface area contributed by atoms with Gasteiger partial charge in [-0.1, -0.05) is 0 Å². The Hall–Kier alpha value is -1.71. The number of non-ortho nitro benzene ring substituents is 1. The molecule has 0 bridgehead atoms. The number of benzene rings is 1. The van der Waals surface area contributed by atoms with Crippen molar-refractivity contribution < 1.29 is 18.1 Å². The second-order valence-corrected chi connectivity index (χ2v) is 5.37. The lowest BCUT2D eigenvalue weighted by Gasteiger charge is -2.10. The molecule has 0 unspecified atom stereocenters. The van der Waals surface area contributed by atoms with Crippen LogP contribution >= 0.6 is 0 Å². The Balaban J connectivity index is 3.15. The van der Waals surface area contributed by atoms with Gasteiger partial charge in [0.1, 0.15) is 10.6 Å². The number of nitro groups is 1. The van der Waals surface area contributed by atoms with E-state index in [-0.39, 0.29) is 22.9 Å². The van der Waals surface area contributed by atoms with Crippen LogP contribution in [0.5, 0.6) is 5.75 Å². The van der Waals surface area contributed by atoms with E-state index in [4.69, 9.17) is 10.5 Å². The third-order valence-electron chi connectivity index (χ3n) is 2.32. The zero-order chi connectivity index (χ0) is 14.5. The molecule has 0 saturated heterocycles. The molecular formula is C10H15N3O5S. The molecule has 0 heterocycles. The second-order valence-electron chi connectivity index (χ2n) is 3.63. The summed E-state index contributed by atoms with van der Waals surface area (Å²) >= 11 is 0. The Bertz CT molecular complexity index is 558. The van der Waals surface area contributed by atoms with E-state index in [2.05, 4.69) is 4.72 Å². The van der Waals surface area contributed by atoms with Gasteiger partial charge in [0, 0.05) is 18.7 Å². The van der Waals surface area contributed by atoms with Crippen LogP contribution in [-0.4, -0.2) is 33.5 Å². The number of sulfonamides is 1. The van der Waals surface area contributed by atoms with Crippen LogP contribution in [0.25, 0.3) is 0 Å². The van der Waals surface area contributed by atoms with Crippen molar-refractivity contribution in [1.29, 1.82) is 0 Å². The molecular weight excluding hydrogens is 274 g/mol. The molecule has 0 atom stereocenters. The van der Waals surface area contributed by atoms with Crippen molar-refractivity contribution >= 4 is 15.7 Å². The number of hydrogen-bond acceptors (Lipinski definition) is 6. The van der Waals surface area contributed by atoms with Crippen LogP contribution in [0.4, 0.5) is 5.69 Å². The molecule has 0 aliphatic rings. The van der Waals surface area contributed by atoms with E-state index < -0.39 is 14.9 Å². The minimum Gasteiger partial charge on any atom is -0.495 e. The quantitative estimate of drug-likeness (QED) is 0.420. The van der Waals surface area contributed by atoms with E-state index in [9.17, 15) is 18.5 Å². The molecule has 1 aromatic rings. The van der Waals surface area contributed by atoms with Gasteiger partial charge in [-0.05, 0) is 19.0 Å². The predicted octanol–water partition coefficient (Wildman–Crippen LogP) is 0.230. The van der Waals surface area contributed by atoms with Gasteiger partial charge in [-0.3, -0.25) is 10.1 Å². The molecule has 0 radical (unpaired) electrons. The van der Waals surface area contributed by atoms with Gasteiger partial charge in [-0.15, -0.1) is 0 Å². The van der Waals surface area contributed by atoms with Crippen molar-refractivity contribution in [2.24, 2.45) is 5.73 Å². The van der Waals surface area contributed by atoms with Gasteiger partial charge >= 0.3 is 0 Å². The lowest BCUT2D eigenvalue weighted by Crippen LogP contribution is -2.26. The van der Waals surface area contributed by atoms with E-state index >= 15 is 0 Å². The molecule has 19 heavy (non-hydrogen) atoms. The molecule has 0 amide bonds. The van der Waals surface area contributed by atoms with Crippen molar-refractivity contribution in [1.82, 2.24) is 4.72 Å². The minimum absolute atomic E-state index is 0.0471. The number of ether oxygens (including phenoxy) is 1. The van der Waals surface area contributed by atoms with E-state index in [1.54, 1.807) is 0 Å². The third-order valence-corrected chi connectivity index (χ3v) is 3.80. The van der Waals surface area contributed by atoms with Crippen LogP contribution in [0.1, 0.15) is 6.42 Å². The van der Waals surface area contributed by atoms with Crippen LogP contribution in [0, 0.1) is 10.1 Å². The van der Waals surface area contributed by atoms with Crippen molar-refractivity contribution in [2.75, 3.05) is 20.2 Å². The maximum atomic E-state index is 12.0. The summed E-state index contributed by atoms with van der Waals surface area (Å²) in [5, 5.41) is 10.7. The molecule has 0 aliphatic carbocycles. The van der Waals surface area contributed by atoms with Gasteiger partial charge in [0.25, 0.3) is 5.69 Å². The molecule has 0 aromatic heterocycles. The zero-order valence-electron chi connectivity index (χ0n) is 10.3. The number of nitrogens with one attached hydrogen (secondary N) is 1. The van der Waals surface area contributed by atoms with Gasteiger partial charge in [0.05, 0.1) is 12.0 Å². The molecule has 0 saturated carbocycles. The maximum absolute atomic E-state index is 12.0. The number of nitro benzene ring substituents is 1. The van der Waals surface area contributed by atoms with E-state index in [0.29, 0.717) is 13.0 Å². The number of methoxy groups -OCH3 is 1. The van der Waals surface area contributed by atoms with Crippen molar-refractivity contribution in [3.63, 3.8) is 0 Å². The maximum Gasteiger partial charge on any atom is 0.271 e. The molecule has 106 valence electrons. The van der Waals surface area contributed by atoms with Gasteiger partial charge in [-0.2, -0.15) is 0 Å². The van der Waals surface area contributed by atoms with E-state index in [0.717, 1.165) is 6.07 Å². The molecule has 1 aromatic carbocycles. The van der Waals surface area contributed by atoms with Crippen LogP contribution < -0.4 is 15.2 Å². The number of nitrogens with two attached hydrogens (primary N) is 1. The van der Waals surface area contributed by atoms with Gasteiger partial charge in [-0.25, -0.2) is 13.1 Å². The normalized spacial score (nSPS) is 11.3. The van der Waals surface area contributed by atoms with E-state index in [1.807, 2.05) is 0 Å². The summed E-state index contributed by atoms with van der Waals surface area (Å²) in [6, 6.07) is 3.39. The summed E-state index contributed by atoms with van der Waals surface area (Å²) in [5.41, 5.74) is 4.95. The van der Waals surface area contributed by atoms with Gasteiger partial charge in [0.2, 0.25) is 10.0 Å². The number of nitrogens with zero attached hydrogens (tertiary/aromatic N) is 1. The summed E-state index contributed by atoms with van der Waals surface area (Å²) in [4.78, 5) is 9.74. The molecule has 0 aliphatic heterocycles. The van der Waals surface area contributed by atoms with Crippen molar-refractivity contribution in [2.45, 2.75) is 11.3 Å². The topological polar surface area (TPSA) is 125 Å². The van der Waals surface area contributed by atoms with Gasteiger partial charge < -0.3 is 10.5 Å². The van der Waals surface area contributed by atoms with Crippen LogP contribution in [0.15, 0.2) is 23.1 Å². The van der Waals surface area contributed by atoms with Gasteiger partial charge in [0.15, 0.2) is 0 Å². The molecule has 8 nitrogen and oxygen atoms in total. The lowest BCUT2D eigenvalue weighted by atomic mass is 10.3. The highest BCUT2D eigenvalue weighted by Crippen LogP contribution is 2.27. The number of hydrogen-bond donors (Lipinski definition) is 2. The highest BCUT2D eigenvalue weighted by Gasteiger charge is 2.22. The SMILES string of the molecule is COc1ccc([N+](=O)[O-])cc1S(=O)(=O)NCCCN. The Morgan fingerprint density at radius 2 is 2.16 bits per heavy atom. The summed E-state index contributed by atoms with van der Waals surface area (Å²) in [5.74, 6) is 0.0471.